The van der Waals surface area contributed by atoms with Crippen molar-refractivity contribution in [1.82, 2.24) is 0 Å². The van der Waals surface area contributed by atoms with E-state index >= 15 is 0 Å². The molecule has 3 rings (SSSR count). The van der Waals surface area contributed by atoms with Crippen LogP contribution in [0.1, 0.15) is 17.5 Å². The summed E-state index contributed by atoms with van der Waals surface area (Å²) >= 11 is 2.44. The Labute approximate surface area is 104 Å². The van der Waals surface area contributed by atoms with Crippen molar-refractivity contribution in [3.8, 4) is 0 Å². The predicted octanol–water partition coefficient (Wildman–Crippen LogP) is 3.26. The zero-order valence-corrected chi connectivity index (χ0v) is 10.7. The van der Waals surface area contributed by atoms with Crippen LogP contribution in [0.2, 0.25) is 0 Å². The van der Waals surface area contributed by atoms with Crippen molar-refractivity contribution in [1.29, 1.82) is 0 Å². The number of fused-ring (bicyclic) bond motifs is 1. The summed E-state index contributed by atoms with van der Waals surface area (Å²) in [7, 11) is 0. The van der Waals surface area contributed by atoms with Crippen molar-refractivity contribution in [3.63, 3.8) is 0 Å². The van der Waals surface area contributed by atoms with Gasteiger partial charge in [-0.15, -0.1) is 0 Å². The lowest BCUT2D eigenvalue weighted by Crippen LogP contribution is -2.36. The fourth-order valence-corrected chi connectivity index (χ4v) is 3.50. The van der Waals surface area contributed by atoms with Crippen LogP contribution in [0.4, 0.5) is 0 Å². The lowest BCUT2D eigenvalue weighted by Gasteiger charge is -2.32. The molecule has 1 aliphatic heterocycles. The highest BCUT2D eigenvalue weighted by molar-refractivity contribution is 14.1. The zero-order valence-electron chi connectivity index (χ0n) is 8.50. The van der Waals surface area contributed by atoms with Gasteiger partial charge in [0.25, 0.3) is 0 Å². The molecule has 78 valence electrons. The van der Waals surface area contributed by atoms with Gasteiger partial charge in [0.1, 0.15) is 0 Å². The summed E-state index contributed by atoms with van der Waals surface area (Å²) in [5.74, 6) is 0. The van der Waals surface area contributed by atoms with Crippen LogP contribution >= 0.6 is 22.6 Å². The number of hydrogen-bond acceptors (Lipinski definition) is 1. The molecule has 0 atom stereocenters. The SMILES string of the molecule is IC1=CCOC2(C1)Cc1ccccc1C2. The molecule has 1 heterocycles. The van der Waals surface area contributed by atoms with E-state index in [1.54, 1.807) is 0 Å². The minimum absolute atomic E-state index is 0.0783. The Bertz CT molecular complexity index is 397. The fraction of sp³-hybridized carbons (Fsp3) is 0.385. The Hall–Kier alpha value is -0.350. The van der Waals surface area contributed by atoms with E-state index in [1.807, 2.05) is 0 Å². The largest absolute Gasteiger partial charge is 0.370 e. The summed E-state index contributed by atoms with van der Waals surface area (Å²) in [5, 5.41) is 0. The number of hydrogen-bond donors (Lipinski definition) is 0. The van der Waals surface area contributed by atoms with Crippen LogP contribution in [0.5, 0.6) is 0 Å². The van der Waals surface area contributed by atoms with E-state index in [-0.39, 0.29) is 5.60 Å². The van der Waals surface area contributed by atoms with Crippen molar-refractivity contribution in [2.75, 3.05) is 6.61 Å². The van der Waals surface area contributed by atoms with Gasteiger partial charge in [-0.25, -0.2) is 0 Å². The van der Waals surface area contributed by atoms with Gasteiger partial charge in [-0.05, 0) is 43.4 Å². The van der Waals surface area contributed by atoms with E-state index in [1.165, 1.54) is 14.7 Å². The first-order valence-corrected chi connectivity index (χ1v) is 6.41. The highest BCUT2D eigenvalue weighted by Gasteiger charge is 2.39. The van der Waals surface area contributed by atoms with Crippen molar-refractivity contribution in [2.24, 2.45) is 0 Å². The monoisotopic (exact) mass is 312 g/mol. The molecule has 0 bridgehead atoms. The molecule has 1 spiro atoms. The van der Waals surface area contributed by atoms with Gasteiger partial charge in [-0.3, -0.25) is 0 Å². The van der Waals surface area contributed by atoms with E-state index in [0.29, 0.717) is 0 Å². The van der Waals surface area contributed by atoms with E-state index in [9.17, 15) is 0 Å². The van der Waals surface area contributed by atoms with Crippen LogP contribution < -0.4 is 0 Å². The zero-order chi connectivity index (χ0) is 10.3. The molecule has 1 aromatic carbocycles. The molecule has 0 saturated carbocycles. The van der Waals surface area contributed by atoms with Gasteiger partial charge < -0.3 is 4.74 Å². The second-order valence-corrected chi connectivity index (χ2v) is 5.83. The maximum absolute atomic E-state index is 6.00. The van der Waals surface area contributed by atoms with Gasteiger partial charge in [0.15, 0.2) is 0 Å². The number of rotatable bonds is 0. The minimum Gasteiger partial charge on any atom is -0.370 e. The van der Waals surface area contributed by atoms with Gasteiger partial charge in [0, 0.05) is 19.3 Å². The van der Waals surface area contributed by atoms with E-state index < -0.39 is 0 Å². The second-order valence-electron chi connectivity index (χ2n) is 4.44. The molecule has 0 fully saturated rings. The van der Waals surface area contributed by atoms with Gasteiger partial charge in [0.2, 0.25) is 0 Å². The number of halogens is 1. The summed E-state index contributed by atoms with van der Waals surface area (Å²) in [6.07, 6.45) is 5.45. The van der Waals surface area contributed by atoms with Gasteiger partial charge >= 0.3 is 0 Å². The maximum atomic E-state index is 6.00. The lowest BCUT2D eigenvalue weighted by molar-refractivity contribution is -0.0285. The first-order valence-electron chi connectivity index (χ1n) is 5.33. The summed E-state index contributed by atoms with van der Waals surface area (Å²) in [6, 6.07) is 8.72. The molecule has 0 amide bonds. The lowest BCUT2D eigenvalue weighted by atomic mass is 9.94. The first kappa shape index (κ1) is 9.85. The molecule has 15 heavy (non-hydrogen) atoms. The highest BCUT2D eigenvalue weighted by atomic mass is 127. The van der Waals surface area contributed by atoms with E-state index in [4.69, 9.17) is 4.74 Å². The van der Waals surface area contributed by atoms with Crippen molar-refractivity contribution in [2.45, 2.75) is 24.9 Å². The maximum Gasteiger partial charge on any atom is 0.0811 e. The summed E-state index contributed by atoms with van der Waals surface area (Å²) < 4.78 is 7.45. The highest BCUT2D eigenvalue weighted by Crippen LogP contribution is 2.40. The molecule has 0 N–H and O–H groups in total. The Balaban J connectivity index is 1.92. The third-order valence-electron chi connectivity index (χ3n) is 3.33. The van der Waals surface area contributed by atoms with Gasteiger partial charge in [-0.2, -0.15) is 0 Å². The standard InChI is InChI=1S/C13H13IO/c14-12-5-6-15-13(9-12)7-10-3-1-2-4-11(10)8-13/h1-5H,6-9H2. The molecular weight excluding hydrogens is 299 g/mol. The minimum atomic E-state index is 0.0783. The smallest absolute Gasteiger partial charge is 0.0811 e. The number of ether oxygens (including phenoxy) is 1. The summed E-state index contributed by atoms with van der Waals surface area (Å²) in [6.45, 7) is 0.784. The van der Waals surface area contributed by atoms with Crippen LogP contribution in [0.3, 0.4) is 0 Å². The molecule has 0 aromatic heterocycles. The molecule has 2 heteroatoms. The summed E-state index contributed by atoms with van der Waals surface area (Å²) in [4.78, 5) is 0. The van der Waals surface area contributed by atoms with Crippen LogP contribution in [0.25, 0.3) is 0 Å². The average molecular weight is 312 g/mol. The van der Waals surface area contributed by atoms with Crippen LogP contribution in [0, 0.1) is 0 Å². The molecule has 0 radical (unpaired) electrons. The molecule has 0 unspecified atom stereocenters. The number of benzene rings is 1. The molecular formula is C13H13IO. The van der Waals surface area contributed by atoms with Crippen LogP contribution in [0.15, 0.2) is 33.9 Å². The fourth-order valence-electron chi connectivity index (χ4n) is 2.63. The Morgan fingerprint density at radius 2 is 1.73 bits per heavy atom. The second kappa shape index (κ2) is 3.59. The van der Waals surface area contributed by atoms with Gasteiger partial charge in [0.05, 0.1) is 12.2 Å². The normalized spacial score (nSPS) is 22.6. The topological polar surface area (TPSA) is 9.23 Å². The third kappa shape index (κ3) is 1.74. The Morgan fingerprint density at radius 1 is 1.07 bits per heavy atom. The van der Waals surface area contributed by atoms with Crippen molar-refractivity contribution >= 4 is 22.6 Å². The quantitative estimate of drug-likeness (QED) is 0.668. The molecule has 1 aliphatic carbocycles. The first-order chi connectivity index (χ1) is 7.27. The van der Waals surface area contributed by atoms with Gasteiger partial charge in [-0.1, -0.05) is 24.3 Å². The van der Waals surface area contributed by atoms with Crippen LogP contribution in [-0.4, -0.2) is 12.2 Å². The predicted molar refractivity (Wildman–Crippen MR) is 69.3 cm³/mol. The van der Waals surface area contributed by atoms with Crippen molar-refractivity contribution < 1.29 is 4.74 Å². The van der Waals surface area contributed by atoms with Crippen molar-refractivity contribution in [3.05, 3.63) is 45.0 Å². The molecule has 2 aliphatic rings. The summed E-state index contributed by atoms with van der Waals surface area (Å²) in [5.41, 5.74) is 3.03. The Morgan fingerprint density at radius 3 is 2.33 bits per heavy atom. The van der Waals surface area contributed by atoms with E-state index in [2.05, 4.69) is 52.9 Å². The third-order valence-corrected chi connectivity index (χ3v) is 4.15. The molecule has 0 saturated heterocycles. The molecule has 1 nitrogen and oxygen atoms in total. The van der Waals surface area contributed by atoms with E-state index in [0.717, 1.165) is 25.9 Å². The van der Waals surface area contributed by atoms with Crippen LogP contribution in [-0.2, 0) is 17.6 Å². The Kier molecular flexibility index (Phi) is 2.36. The molecule has 1 aromatic rings. The average Bonchev–Trinajstić information content (AvgIpc) is 2.54.